The maximum Gasteiger partial charge on any atom is 1.00 e. The van der Waals surface area contributed by atoms with E-state index in [9.17, 15) is 0 Å². The molecule has 0 atom stereocenters. The summed E-state index contributed by atoms with van der Waals surface area (Å²) in [7, 11) is 4.20. The van der Waals surface area contributed by atoms with E-state index in [1.54, 1.807) is 0 Å². The summed E-state index contributed by atoms with van der Waals surface area (Å²) >= 11 is 9.16. The Morgan fingerprint density at radius 2 is 1.40 bits per heavy atom. The van der Waals surface area contributed by atoms with Gasteiger partial charge in [-0.25, -0.2) is 5.26 Å². The third-order valence-electron chi connectivity index (χ3n) is 0.0408. The largest absolute Gasteiger partial charge is 1.00 e. The molecule has 19 heteroatoms. The van der Waals surface area contributed by atoms with Crippen molar-refractivity contribution in [2.24, 2.45) is 5.34 Å². The molecule has 0 aliphatic heterocycles. The van der Waals surface area contributed by atoms with Crippen molar-refractivity contribution in [2.75, 3.05) is 0 Å². The molecule has 0 aliphatic rings. The summed E-state index contributed by atoms with van der Waals surface area (Å²) < 4.78 is 0. The van der Waals surface area contributed by atoms with Crippen molar-refractivity contribution >= 4 is 50.8 Å². The zero-order chi connectivity index (χ0) is 12.1. The van der Waals surface area contributed by atoms with Gasteiger partial charge in [0, 0.05) is 73.7 Å². The minimum Gasteiger partial charge on any atom is 0 e. The van der Waals surface area contributed by atoms with Gasteiger partial charge in [0.05, 0.1) is 0 Å². The number of halogens is 4. The zero-order valence-electron chi connectivity index (χ0n) is 9.24. The van der Waals surface area contributed by atoms with Crippen LogP contribution in [-0.2, 0) is 37.2 Å². The molecular formula is CH12AcBr2Cl2Cu2N3NaO8. The molecule has 0 saturated heterocycles. The topological polar surface area (TPSA) is 232 Å². The molecule has 0 fully saturated rings. The summed E-state index contributed by atoms with van der Waals surface area (Å²) in [5.74, 6) is 0. The van der Waals surface area contributed by atoms with Gasteiger partial charge in [-0.3, -0.25) is 5.21 Å². The first-order chi connectivity index (χ1) is 6.33. The molecule has 0 aliphatic carbocycles. The Hall–Kier alpha value is 3.63. The van der Waals surface area contributed by atoms with E-state index in [1.165, 1.54) is 0 Å². The van der Waals surface area contributed by atoms with E-state index >= 15 is 0 Å². The molecule has 133 valence electrons. The van der Waals surface area contributed by atoms with Crippen LogP contribution < -0.4 is 35.2 Å². The maximum atomic E-state index is 8.00. The molecule has 0 aromatic carbocycles. The molecule has 0 spiro atoms. The fourth-order valence-corrected chi connectivity index (χ4v) is 0. The SMILES string of the molecule is BrBr.Cl.O.O.O.O=N[O-].ONOO.[Ac].[C-]#N.[Cl][Cu].[Cu+].[HH].[Na+]. The predicted octanol–water partition coefficient (Wildman–Crippen LogP) is -2.71. The van der Waals surface area contributed by atoms with E-state index in [2.05, 4.69) is 58.4 Å². The molecule has 0 heterocycles. The minimum absolute atomic E-state index is 0. The molecule has 20 heavy (non-hydrogen) atoms. The number of rotatable bonds is 1. The first-order valence-corrected chi connectivity index (χ1v) is 6.47. The van der Waals surface area contributed by atoms with Crippen molar-refractivity contribution in [1.29, 1.82) is 5.26 Å². The minimum atomic E-state index is 0. The second kappa shape index (κ2) is 241. The Balaban J connectivity index is -0.00000000324. The van der Waals surface area contributed by atoms with Gasteiger partial charge in [0.1, 0.15) is 0 Å². The van der Waals surface area contributed by atoms with Gasteiger partial charge in [-0.05, 0) is 5.64 Å². The van der Waals surface area contributed by atoms with Crippen LogP contribution in [-0.4, -0.2) is 26.9 Å². The van der Waals surface area contributed by atoms with Gasteiger partial charge in [-0.15, -0.1) is 22.7 Å². The van der Waals surface area contributed by atoms with Crippen LogP contribution in [0.4, 0.5) is 0 Å². The molecular weight excluding hydrogens is 790 g/mol. The molecule has 1 radical (unpaired) electrons. The van der Waals surface area contributed by atoms with Crippen LogP contribution in [0.1, 0.15) is 1.43 Å². The van der Waals surface area contributed by atoms with E-state index in [-0.39, 0.29) is 121 Å². The monoisotopic (exact) mass is 798 g/mol. The van der Waals surface area contributed by atoms with Crippen molar-refractivity contribution in [3.05, 3.63) is 16.7 Å². The van der Waals surface area contributed by atoms with Crippen molar-refractivity contribution in [2.45, 2.75) is 0 Å². The Morgan fingerprint density at radius 1 is 1.35 bits per heavy atom. The first-order valence-electron chi connectivity index (χ1n) is 1.46. The van der Waals surface area contributed by atoms with E-state index < -0.39 is 0 Å². The van der Waals surface area contributed by atoms with E-state index in [4.69, 9.17) is 32.4 Å². The molecule has 0 bridgehead atoms. The molecule has 0 saturated carbocycles. The van der Waals surface area contributed by atoms with Crippen molar-refractivity contribution < 1.29 is 139 Å². The van der Waals surface area contributed by atoms with Crippen molar-refractivity contribution in [3.8, 4) is 0 Å². The Labute approximate surface area is 219 Å². The number of nitrogens with one attached hydrogen (secondary N) is 1. The fraction of sp³-hybridized carbons (Fsp3) is 0. The van der Waals surface area contributed by atoms with Crippen LogP contribution in [0.15, 0.2) is 5.34 Å². The zero-order valence-corrected chi connectivity index (χ0v) is 22.6. The summed E-state index contributed by atoms with van der Waals surface area (Å²) in [6.07, 6.45) is 0. The van der Waals surface area contributed by atoms with E-state index in [1.807, 2.05) is 0 Å². The van der Waals surface area contributed by atoms with Crippen LogP contribution in [0.25, 0.3) is 0 Å². The summed E-state index contributed by atoms with van der Waals surface area (Å²) in [6.45, 7) is 4.75. The van der Waals surface area contributed by atoms with Gasteiger partial charge in [0.25, 0.3) is 0 Å². The Kier molecular flexibility index (Phi) is 1080. The average molecular weight is 802 g/mol. The first kappa shape index (κ1) is 89.5. The molecule has 0 amide bonds. The molecule has 11 nitrogen and oxygen atoms in total. The van der Waals surface area contributed by atoms with Crippen LogP contribution in [0, 0.1) is 66.0 Å². The second-order valence-corrected chi connectivity index (χ2v) is 0.257. The van der Waals surface area contributed by atoms with Gasteiger partial charge in [-0.2, -0.15) is 0 Å². The second-order valence-electron chi connectivity index (χ2n) is 0.257. The van der Waals surface area contributed by atoms with Crippen LogP contribution in [0.5, 0.6) is 0 Å². The predicted molar refractivity (Wildman–Crippen MR) is 66.7 cm³/mol. The molecule has 0 aromatic heterocycles. The maximum absolute atomic E-state index is 8.00. The van der Waals surface area contributed by atoms with Gasteiger partial charge in [0.15, 0.2) is 0 Å². The summed E-state index contributed by atoms with van der Waals surface area (Å²) in [5.41, 5.74) is 0.986. The smallest absolute Gasteiger partial charge is 0 e. The van der Waals surface area contributed by atoms with Crippen LogP contribution in [0.2, 0.25) is 0 Å². The number of nitrogens with zero attached hydrogens (tertiary/aromatic N) is 2. The van der Waals surface area contributed by atoms with Gasteiger partial charge < -0.3 is 38.4 Å². The average Bonchev–Trinajstić information content (AvgIpc) is 2.27. The summed E-state index contributed by atoms with van der Waals surface area (Å²) in [4.78, 5) is 10.8. The fourth-order valence-electron chi connectivity index (χ4n) is 0. The molecule has 0 unspecified atom stereocenters. The Morgan fingerprint density at radius 3 is 1.40 bits per heavy atom. The number of hydrogen-bond donors (Lipinski definition) is 3. The van der Waals surface area contributed by atoms with Gasteiger partial charge in [-0.1, -0.05) is 0 Å². The third-order valence-corrected chi connectivity index (χ3v) is 0.0408. The van der Waals surface area contributed by atoms with Crippen molar-refractivity contribution in [1.82, 2.24) is 5.64 Å². The van der Waals surface area contributed by atoms with E-state index in [0.29, 0.717) is 0 Å². The number of hydrogen-bond acceptors (Lipinski definition) is 8. The molecule has 9 N–H and O–H groups in total. The van der Waals surface area contributed by atoms with E-state index in [0.717, 1.165) is 11.0 Å². The summed E-state index contributed by atoms with van der Waals surface area (Å²) in [6, 6.07) is 0. The van der Waals surface area contributed by atoms with Crippen LogP contribution >= 0.6 is 50.8 Å². The van der Waals surface area contributed by atoms with Crippen LogP contribution in [0.3, 0.4) is 0 Å². The Bertz CT molecular complexity index is 96.7. The van der Waals surface area contributed by atoms with Crippen molar-refractivity contribution in [3.63, 3.8) is 0 Å². The quantitative estimate of drug-likeness (QED) is 0.0834. The summed E-state index contributed by atoms with van der Waals surface area (Å²) in [5, 5.41) is 29.4. The van der Waals surface area contributed by atoms with Gasteiger partial charge in [0.2, 0.25) is 0 Å². The normalized spacial score (nSPS) is 2.85. The van der Waals surface area contributed by atoms with Gasteiger partial charge >= 0.3 is 71.8 Å². The molecule has 0 aromatic rings. The standard InChI is InChI=1S/CN.Ac.Br2.2ClH.2Cu.H3NO3.HNO2.Na.3H2O.H2/c1-2;;1-2;;;;;2-1-4-3;2-1-3;;;;;/h;;;2*1H;;;1-3H;(H,2,3);;3*1H2;1H/q-1;;;;;2*+1;;;+1;;;;/p-2. The third kappa shape index (κ3) is 429. The molecule has 0 rings (SSSR count).